The highest BCUT2D eigenvalue weighted by atomic mass is 35.5. The van der Waals surface area contributed by atoms with E-state index in [1.165, 1.54) is 16.0 Å². The number of piperazine rings is 1. The van der Waals surface area contributed by atoms with E-state index in [2.05, 4.69) is 21.9 Å². The Bertz CT molecular complexity index is 901. The zero-order valence-corrected chi connectivity index (χ0v) is 18.4. The summed E-state index contributed by atoms with van der Waals surface area (Å²) >= 11 is 8.03. The van der Waals surface area contributed by atoms with E-state index in [0.717, 1.165) is 55.5 Å². The van der Waals surface area contributed by atoms with Crippen LogP contribution in [0.3, 0.4) is 0 Å². The largest absolute Gasteiger partial charge is 0.350 e. The first-order chi connectivity index (χ1) is 14.7. The van der Waals surface area contributed by atoms with Gasteiger partial charge in [-0.15, -0.1) is 0 Å². The number of halogens is 2. The van der Waals surface area contributed by atoms with Crippen LogP contribution >= 0.6 is 23.4 Å². The maximum absolute atomic E-state index is 13.9. The van der Waals surface area contributed by atoms with E-state index in [9.17, 15) is 4.39 Å². The van der Waals surface area contributed by atoms with Crippen LogP contribution in [0.25, 0.3) is 0 Å². The SMILES string of the molecule is Fc1ccc2c(c1)Sc1ccc(Cl)cc1C(N1CCN(CCC3OCCO3)CC1)C2. The Hall–Kier alpha value is -1.15. The van der Waals surface area contributed by atoms with Crippen molar-refractivity contribution in [1.29, 1.82) is 0 Å². The molecule has 160 valence electrons. The van der Waals surface area contributed by atoms with Gasteiger partial charge in [0.2, 0.25) is 0 Å². The molecule has 0 aromatic heterocycles. The molecule has 30 heavy (non-hydrogen) atoms. The number of hydrogen-bond donors (Lipinski definition) is 0. The summed E-state index contributed by atoms with van der Waals surface area (Å²) in [7, 11) is 0. The minimum atomic E-state index is -0.181. The van der Waals surface area contributed by atoms with E-state index in [4.69, 9.17) is 21.1 Å². The first-order valence-corrected chi connectivity index (χ1v) is 11.8. The molecule has 3 aliphatic rings. The minimum Gasteiger partial charge on any atom is -0.350 e. The van der Waals surface area contributed by atoms with Crippen LogP contribution in [0.4, 0.5) is 4.39 Å². The Morgan fingerprint density at radius 2 is 1.80 bits per heavy atom. The van der Waals surface area contributed by atoms with E-state index in [1.54, 1.807) is 23.9 Å². The molecule has 3 heterocycles. The van der Waals surface area contributed by atoms with Crippen molar-refractivity contribution in [1.82, 2.24) is 9.80 Å². The molecule has 2 aromatic rings. The van der Waals surface area contributed by atoms with Crippen molar-refractivity contribution >= 4 is 23.4 Å². The Morgan fingerprint density at radius 3 is 2.60 bits per heavy atom. The van der Waals surface area contributed by atoms with E-state index >= 15 is 0 Å². The molecule has 0 bridgehead atoms. The van der Waals surface area contributed by atoms with Crippen LogP contribution in [-0.2, 0) is 15.9 Å². The lowest BCUT2D eigenvalue weighted by Gasteiger charge is -2.40. The second-order valence-corrected chi connectivity index (χ2v) is 9.61. The number of ether oxygens (including phenoxy) is 2. The number of nitrogens with zero attached hydrogens (tertiary/aromatic N) is 2. The van der Waals surface area contributed by atoms with Gasteiger partial charge in [0.25, 0.3) is 0 Å². The van der Waals surface area contributed by atoms with Gasteiger partial charge in [0, 0.05) is 60.0 Å². The summed E-state index contributed by atoms with van der Waals surface area (Å²) in [5.74, 6) is -0.181. The molecule has 0 radical (unpaired) electrons. The summed E-state index contributed by atoms with van der Waals surface area (Å²) in [6, 6.07) is 11.5. The standard InChI is InChI=1S/C23H26ClFN2O2S/c24-17-2-4-21-19(14-17)20(13-16-1-3-18(25)15-22(16)30-21)27-9-7-26(8-10-27)6-5-23-28-11-12-29-23/h1-4,14-15,20,23H,5-13H2. The van der Waals surface area contributed by atoms with Crippen LogP contribution in [-0.4, -0.2) is 62.0 Å². The summed E-state index contributed by atoms with van der Waals surface area (Å²) in [4.78, 5) is 7.24. The maximum atomic E-state index is 13.9. The van der Waals surface area contributed by atoms with Gasteiger partial charge in [0.1, 0.15) is 5.82 Å². The van der Waals surface area contributed by atoms with Gasteiger partial charge in [-0.2, -0.15) is 0 Å². The molecule has 3 aliphatic heterocycles. The highest BCUT2D eigenvalue weighted by molar-refractivity contribution is 7.99. The van der Waals surface area contributed by atoms with Crippen molar-refractivity contribution in [3.05, 3.63) is 58.4 Å². The number of rotatable bonds is 4. The predicted octanol–water partition coefficient (Wildman–Crippen LogP) is 4.61. The van der Waals surface area contributed by atoms with Crippen LogP contribution < -0.4 is 0 Å². The average molecular weight is 449 g/mol. The molecule has 0 spiro atoms. The smallest absolute Gasteiger partial charge is 0.159 e. The molecule has 1 atom stereocenters. The van der Waals surface area contributed by atoms with Gasteiger partial charge in [-0.25, -0.2) is 4.39 Å². The topological polar surface area (TPSA) is 24.9 Å². The molecule has 5 rings (SSSR count). The molecule has 0 saturated carbocycles. The molecular weight excluding hydrogens is 423 g/mol. The zero-order chi connectivity index (χ0) is 20.5. The van der Waals surface area contributed by atoms with Gasteiger partial charge >= 0.3 is 0 Å². The molecular formula is C23H26ClFN2O2S. The van der Waals surface area contributed by atoms with Crippen molar-refractivity contribution < 1.29 is 13.9 Å². The van der Waals surface area contributed by atoms with E-state index in [0.29, 0.717) is 13.2 Å². The van der Waals surface area contributed by atoms with Crippen LogP contribution in [0.15, 0.2) is 46.2 Å². The molecule has 2 saturated heterocycles. The zero-order valence-electron chi connectivity index (χ0n) is 16.9. The Morgan fingerprint density at radius 1 is 1.00 bits per heavy atom. The Balaban J connectivity index is 1.32. The Kier molecular flexibility index (Phi) is 6.32. The molecule has 0 aliphatic carbocycles. The Labute approximate surface area is 186 Å². The molecule has 0 amide bonds. The molecule has 7 heteroatoms. The van der Waals surface area contributed by atoms with Crippen molar-refractivity contribution in [3.63, 3.8) is 0 Å². The van der Waals surface area contributed by atoms with E-state index < -0.39 is 0 Å². The van der Waals surface area contributed by atoms with Gasteiger partial charge in [-0.1, -0.05) is 29.4 Å². The van der Waals surface area contributed by atoms with E-state index in [-0.39, 0.29) is 18.1 Å². The number of hydrogen-bond acceptors (Lipinski definition) is 5. The van der Waals surface area contributed by atoms with Gasteiger partial charge < -0.3 is 14.4 Å². The first kappa shape index (κ1) is 20.7. The fourth-order valence-corrected chi connectivity index (χ4v) is 5.91. The molecule has 1 unspecified atom stereocenters. The fraction of sp³-hybridized carbons (Fsp3) is 0.478. The summed E-state index contributed by atoms with van der Waals surface area (Å²) in [6.45, 7) is 6.50. The van der Waals surface area contributed by atoms with Crippen molar-refractivity contribution in [3.8, 4) is 0 Å². The summed E-state index contributed by atoms with van der Waals surface area (Å²) < 4.78 is 25.0. The minimum absolute atomic E-state index is 0.0344. The summed E-state index contributed by atoms with van der Waals surface area (Å²) in [6.07, 6.45) is 1.77. The first-order valence-electron chi connectivity index (χ1n) is 10.6. The summed E-state index contributed by atoms with van der Waals surface area (Å²) in [5.41, 5.74) is 2.46. The van der Waals surface area contributed by atoms with Crippen LogP contribution in [0, 0.1) is 5.82 Å². The van der Waals surface area contributed by atoms with Gasteiger partial charge in [-0.05, 0) is 47.9 Å². The van der Waals surface area contributed by atoms with Crippen molar-refractivity contribution in [2.24, 2.45) is 0 Å². The van der Waals surface area contributed by atoms with Crippen LogP contribution in [0.5, 0.6) is 0 Å². The van der Waals surface area contributed by atoms with Gasteiger partial charge in [-0.3, -0.25) is 4.90 Å². The number of fused-ring (bicyclic) bond motifs is 2. The lowest BCUT2D eigenvalue weighted by atomic mass is 9.96. The quantitative estimate of drug-likeness (QED) is 0.680. The predicted molar refractivity (Wildman–Crippen MR) is 117 cm³/mol. The van der Waals surface area contributed by atoms with Gasteiger partial charge in [0.05, 0.1) is 13.2 Å². The highest BCUT2D eigenvalue weighted by Gasteiger charge is 2.30. The lowest BCUT2D eigenvalue weighted by Crippen LogP contribution is -2.48. The molecule has 4 nitrogen and oxygen atoms in total. The number of benzene rings is 2. The maximum Gasteiger partial charge on any atom is 0.159 e. The van der Waals surface area contributed by atoms with E-state index in [1.807, 2.05) is 12.1 Å². The molecule has 2 fully saturated rings. The second-order valence-electron chi connectivity index (χ2n) is 8.09. The highest BCUT2D eigenvalue weighted by Crippen LogP contribution is 2.44. The monoisotopic (exact) mass is 448 g/mol. The molecule has 0 N–H and O–H groups in total. The normalized spacial score (nSPS) is 23.2. The molecule has 2 aromatic carbocycles. The van der Waals surface area contributed by atoms with Crippen LogP contribution in [0.1, 0.15) is 23.6 Å². The lowest BCUT2D eigenvalue weighted by molar-refractivity contribution is -0.0538. The average Bonchev–Trinajstić information content (AvgIpc) is 3.22. The van der Waals surface area contributed by atoms with Crippen molar-refractivity contribution in [2.45, 2.75) is 35.0 Å². The second kappa shape index (κ2) is 9.15. The fourth-order valence-electron chi connectivity index (χ4n) is 4.59. The summed E-state index contributed by atoms with van der Waals surface area (Å²) in [5, 5.41) is 0.756. The third kappa shape index (κ3) is 4.54. The van der Waals surface area contributed by atoms with Gasteiger partial charge in [0.15, 0.2) is 6.29 Å². The third-order valence-electron chi connectivity index (χ3n) is 6.21. The third-order valence-corrected chi connectivity index (χ3v) is 7.64. The van der Waals surface area contributed by atoms with Crippen LogP contribution in [0.2, 0.25) is 5.02 Å². The van der Waals surface area contributed by atoms with Crippen molar-refractivity contribution in [2.75, 3.05) is 45.9 Å².